The summed E-state index contributed by atoms with van der Waals surface area (Å²) in [5, 5.41) is 0. The fourth-order valence-electron chi connectivity index (χ4n) is 5.14. The van der Waals surface area contributed by atoms with Crippen LogP contribution in [0.4, 0.5) is 0 Å². The smallest absolute Gasteiger partial charge is 0.305 e. The molecule has 0 saturated heterocycles. The van der Waals surface area contributed by atoms with Gasteiger partial charge in [-0.1, -0.05) is 102 Å². The van der Waals surface area contributed by atoms with E-state index in [9.17, 15) is 14.4 Å². The Morgan fingerprint density at radius 3 is 0.933 bits per heavy atom. The van der Waals surface area contributed by atoms with Gasteiger partial charge in [-0.3, -0.25) is 14.4 Å². The molecule has 0 rings (SSSR count). The van der Waals surface area contributed by atoms with E-state index < -0.39 is 5.41 Å². The van der Waals surface area contributed by atoms with Gasteiger partial charge in [0.15, 0.2) is 0 Å². The molecule has 0 fully saturated rings. The number of ether oxygens (including phenoxy) is 3. The molecule has 0 saturated carbocycles. The van der Waals surface area contributed by atoms with Gasteiger partial charge in [-0.25, -0.2) is 0 Å². The lowest BCUT2D eigenvalue weighted by Gasteiger charge is -2.31. The molecule has 0 aromatic heterocycles. The van der Waals surface area contributed by atoms with Crippen LogP contribution in [0.25, 0.3) is 0 Å². The average Bonchev–Trinajstić information content (AvgIpc) is 3.04. The molecular formula is C39H68O6. The highest BCUT2D eigenvalue weighted by atomic mass is 16.6. The van der Waals surface area contributed by atoms with Crippen molar-refractivity contribution >= 4 is 17.9 Å². The van der Waals surface area contributed by atoms with Gasteiger partial charge in [0.1, 0.15) is 19.8 Å². The molecule has 0 aliphatic carbocycles. The highest BCUT2D eigenvalue weighted by Crippen LogP contribution is 2.26. The highest BCUT2D eigenvalue weighted by Gasteiger charge is 2.34. The van der Waals surface area contributed by atoms with E-state index in [1.54, 1.807) is 0 Å². The van der Waals surface area contributed by atoms with E-state index in [4.69, 9.17) is 14.2 Å². The van der Waals surface area contributed by atoms with Crippen LogP contribution in [-0.2, 0) is 28.6 Å². The Labute approximate surface area is 276 Å². The van der Waals surface area contributed by atoms with Gasteiger partial charge in [0.2, 0.25) is 0 Å². The summed E-state index contributed by atoms with van der Waals surface area (Å²) in [6.07, 6.45) is 30.0. The topological polar surface area (TPSA) is 78.9 Å². The van der Waals surface area contributed by atoms with Crippen LogP contribution < -0.4 is 0 Å². The van der Waals surface area contributed by atoms with Crippen molar-refractivity contribution in [2.45, 2.75) is 167 Å². The summed E-state index contributed by atoms with van der Waals surface area (Å²) in [5.74, 6) is -0.755. The van der Waals surface area contributed by atoms with Gasteiger partial charge < -0.3 is 14.2 Å². The second kappa shape index (κ2) is 31.6. The largest absolute Gasteiger partial charge is 0.465 e. The maximum Gasteiger partial charge on any atom is 0.305 e. The minimum absolute atomic E-state index is 0.0693. The first kappa shape index (κ1) is 42.6. The second-order valence-corrected chi connectivity index (χ2v) is 12.7. The zero-order valence-electron chi connectivity index (χ0n) is 29.1. The van der Waals surface area contributed by atoms with Crippen LogP contribution in [0.1, 0.15) is 167 Å². The van der Waals surface area contributed by atoms with Crippen LogP contribution in [0.2, 0.25) is 0 Å². The number of carbonyl (C=O) groups excluding carboxylic acids is 3. The normalized spacial score (nSPS) is 11.1. The van der Waals surface area contributed by atoms with Crippen molar-refractivity contribution in [2.24, 2.45) is 5.41 Å². The third-order valence-electron chi connectivity index (χ3n) is 8.49. The zero-order chi connectivity index (χ0) is 33.3. The Balaban J connectivity index is 4.69. The van der Waals surface area contributed by atoms with Gasteiger partial charge in [0.05, 0.1) is 5.41 Å². The molecule has 0 N–H and O–H groups in total. The molecule has 0 bridgehead atoms. The van der Waals surface area contributed by atoms with Crippen molar-refractivity contribution in [2.75, 3.05) is 19.8 Å². The van der Waals surface area contributed by atoms with Crippen molar-refractivity contribution in [3.05, 3.63) is 38.0 Å². The number of hydrogen-bond acceptors (Lipinski definition) is 6. The van der Waals surface area contributed by atoms with E-state index in [0.717, 1.165) is 77.0 Å². The summed E-state index contributed by atoms with van der Waals surface area (Å²) >= 11 is 0. The molecule has 0 aromatic carbocycles. The molecule has 260 valence electrons. The Hall–Kier alpha value is -2.37. The van der Waals surface area contributed by atoms with E-state index in [1.165, 1.54) is 57.8 Å². The Morgan fingerprint density at radius 1 is 0.444 bits per heavy atom. The number of hydrogen-bond donors (Lipinski definition) is 0. The Morgan fingerprint density at radius 2 is 0.689 bits per heavy atom. The van der Waals surface area contributed by atoms with Gasteiger partial charge in [0, 0.05) is 19.3 Å². The minimum atomic E-state index is -0.748. The molecule has 0 amide bonds. The van der Waals surface area contributed by atoms with Gasteiger partial charge in [-0.15, -0.1) is 19.7 Å². The molecule has 0 radical (unpaired) electrons. The zero-order valence-corrected chi connectivity index (χ0v) is 29.1. The first-order valence-electron chi connectivity index (χ1n) is 18.2. The van der Waals surface area contributed by atoms with E-state index in [-0.39, 0.29) is 37.7 Å². The van der Waals surface area contributed by atoms with Crippen LogP contribution >= 0.6 is 0 Å². The molecule has 0 spiro atoms. The van der Waals surface area contributed by atoms with E-state index in [0.29, 0.717) is 25.7 Å². The molecule has 6 heteroatoms. The second-order valence-electron chi connectivity index (χ2n) is 12.7. The lowest BCUT2D eigenvalue weighted by atomic mass is 9.88. The lowest BCUT2D eigenvalue weighted by molar-refractivity contribution is -0.162. The number of rotatable bonds is 34. The third kappa shape index (κ3) is 27.6. The van der Waals surface area contributed by atoms with Crippen molar-refractivity contribution in [1.82, 2.24) is 0 Å². The molecular weight excluding hydrogens is 564 g/mol. The Kier molecular flexibility index (Phi) is 29.9. The third-order valence-corrected chi connectivity index (χ3v) is 8.49. The molecule has 0 unspecified atom stereocenters. The van der Waals surface area contributed by atoms with Crippen molar-refractivity contribution in [3.8, 4) is 0 Å². The summed E-state index contributed by atoms with van der Waals surface area (Å²) in [5.41, 5.74) is -0.748. The van der Waals surface area contributed by atoms with Crippen molar-refractivity contribution in [1.29, 1.82) is 0 Å². The maximum absolute atomic E-state index is 12.6. The molecule has 0 atom stereocenters. The Bertz CT molecular complexity index is 676. The van der Waals surface area contributed by atoms with E-state index in [1.807, 2.05) is 25.2 Å². The standard InChI is InChI=1S/C39H68O6/c1-5-9-12-15-18-21-24-27-30-36(40)43-33-39(8-4,34-44-37(41)31-28-25-22-19-16-13-10-6-2)35-45-38(42)32-29-26-23-20-17-14-11-7-3/h5-7H,1-3,8-35H2,4H3. The SMILES string of the molecule is C=CCCCCCCCCC(=O)OCC(CC)(COC(=O)CCCCCCCCC=C)COC(=O)CCCCCCCCC=C. The monoisotopic (exact) mass is 633 g/mol. The summed E-state index contributed by atoms with van der Waals surface area (Å²) in [6, 6.07) is 0. The number of esters is 3. The molecule has 0 aliphatic rings. The molecule has 45 heavy (non-hydrogen) atoms. The summed E-state index contributed by atoms with van der Waals surface area (Å²) in [6.45, 7) is 13.4. The maximum atomic E-state index is 12.6. The highest BCUT2D eigenvalue weighted by molar-refractivity contribution is 5.70. The van der Waals surface area contributed by atoms with Crippen molar-refractivity contribution in [3.63, 3.8) is 0 Å². The van der Waals surface area contributed by atoms with Gasteiger partial charge in [-0.05, 0) is 64.2 Å². The fourth-order valence-corrected chi connectivity index (χ4v) is 5.14. The first-order valence-corrected chi connectivity index (χ1v) is 18.2. The van der Waals surface area contributed by atoms with Gasteiger partial charge in [-0.2, -0.15) is 0 Å². The summed E-state index contributed by atoms with van der Waals surface area (Å²) in [7, 11) is 0. The van der Waals surface area contributed by atoms with Crippen LogP contribution in [-0.4, -0.2) is 37.7 Å². The van der Waals surface area contributed by atoms with Crippen LogP contribution in [0.3, 0.4) is 0 Å². The number of unbranched alkanes of at least 4 members (excludes halogenated alkanes) is 18. The molecule has 0 aliphatic heterocycles. The van der Waals surface area contributed by atoms with Crippen molar-refractivity contribution < 1.29 is 28.6 Å². The number of allylic oxidation sites excluding steroid dienone is 3. The quantitative estimate of drug-likeness (QED) is 0.0304. The van der Waals surface area contributed by atoms with E-state index >= 15 is 0 Å². The first-order chi connectivity index (χ1) is 21.9. The summed E-state index contributed by atoms with van der Waals surface area (Å²) < 4.78 is 17.1. The molecule has 0 heterocycles. The summed E-state index contributed by atoms with van der Waals surface area (Å²) in [4.78, 5) is 37.7. The van der Waals surface area contributed by atoms with Crippen LogP contribution in [0.5, 0.6) is 0 Å². The lowest BCUT2D eigenvalue weighted by Crippen LogP contribution is -2.39. The average molecular weight is 633 g/mol. The van der Waals surface area contributed by atoms with Gasteiger partial charge in [0.25, 0.3) is 0 Å². The van der Waals surface area contributed by atoms with Crippen LogP contribution in [0.15, 0.2) is 38.0 Å². The predicted molar refractivity (Wildman–Crippen MR) is 187 cm³/mol. The minimum Gasteiger partial charge on any atom is -0.465 e. The fraction of sp³-hybridized carbons (Fsp3) is 0.769. The molecule has 0 aromatic rings. The predicted octanol–water partition coefficient (Wildman–Crippen LogP) is 10.9. The van der Waals surface area contributed by atoms with Crippen LogP contribution in [0, 0.1) is 5.41 Å². The molecule has 6 nitrogen and oxygen atoms in total. The van der Waals surface area contributed by atoms with Gasteiger partial charge >= 0.3 is 17.9 Å². The van der Waals surface area contributed by atoms with E-state index in [2.05, 4.69) is 19.7 Å². The number of carbonyl (C=O) groups is 3.